The van der Waals surface area contributed by atoms with Gasteiger partial charge in [0.05, 0.1) is 13.2 Å². The van der Waals surface area contributed by atoms with E-state index in [-0.39, 0.29) is 5.54 Å². The van der Waals surface area contributed by atoms with E-state index in [1.54, 1.807) is 7.11 Å². The highest BCUT2D eigenvalue weighted by Crippen LogP contribution is 2.33. The fourth-order valence-corrected chi connectivity index (χ4v) is 2.51. The first-order valence-electron chi connectivity index (χ1n) is 5.86. The van der Waals surface area contributed by atoms with Gasteiger partial charge in [-0.15, -0.1) is 0 Å². The Bertz CT molecular complexity index is 404. The van der Waals surface area contributed by atoms with Gasteiger partial charge in [0.25, 0.3) is 0 Å². The molecule has 1 aromatic rings. The van der Waals surface area contributed by atoms with Gasteiger partial charge in [-0.3, -0.25) is 4.99 Å². The molecule has 0 bridgehead atoms. The lowest BCUT2D eigenvalue weighted by molar-refractivity contribution is 0.0670. The van der Waals surface area contributed by atoms with Gasteiger partial charge >= 0.3 is 0 Å². The summed E-state index contributed by atoms with van der Waals surface area (Å²) < 4.78 is 5.39. The van der Waals surface area contributed by atoms with Crippen LogP contribution in [0.1, 0.15) is 12.5 Å². The molecule has 0 amide bonds. The summed E-state index contributed by atoms with van der Waals surface area (Å²) >= 11 is 0. The first-order valence-corrected chi connectivity index (χ1v) is 5.86. The molecular weight excluding hydrogens is 214 g/mol. The summed E-state index contributed by atoms with van der Waals surface area (Å²) in [5.41, 5.74) is 6.91. The zero-order valence-electron chi connectivity index (χ0n) is 10.4. The minimum absolute atomic E-state index is 0.241. The first kappa shape index (κ1) is 11.9. The number of ether oxygens (including phenoxy) is 1. The second kappa shape index (κ2) is 4.75. The van der Waals surface area contributed by atoms with Gasteiger partial charge < -0.3 is 15.4 Å². The van der Waals surface area contributed by atoms with Crippen molar-refractivity contribution in [3.8, 4) is 0 Å². The molecular formula is C13H19N3O. The van der Waals surface area contributed by atoms with Crippen LogP contribution in [0.4, 0.5) is 0 Å². The van der Waals surface area contributed by atoms with Gasteiger partial charge in [0.15, 0.2) is 5.96 Å². The molecule has 1 unspecified atom stereocenters. The van der Waals surface area contributed by atoms with Gasteiger partial charge in [-0.1, -0.05) is 30.3 Å². The van der Waals surface area contributed by atoms with Crippen molar-refractivity contribution in [3.63, 3.8) is 0 Å². The Labute approximate surface area is 102 Å². The number of rotatable bonds is 4. The molecule has 4 heteroatoms. The lowest BCUT2D eigenvalue weighted by Crippen LogP contribution is -2.51. The van der Waals surface area contributed by atoms with Crippen LogP contribution in [0.5, 0.6) is 0 Å². The Hall–Kier alpha value is -1.55. The predicted molar refractivity (Wildman–Crippen MR) is 68.9 cm³/mol. The quantitative estimate of drug-likeness (QED) is 0.849. The smallest absolute Gasteiger partial charge is 0.192 e. The molecule has 1 aromatic carbocycles. The van der Waals surface area contributed by atoms with Crippen LogP contribution in [0.2, 0.25) is 0 Å². The van der Waals surface area contributed by atoms with E-state index in [2.05, 4.69) is 28.9 Å². The Balaban J connectivity index is 2.41. The van der Waals surface area contributed by atoms with Gasteiger partial charge in [0, 0.05) is 13.7 Å². The maximum atomic E-state index is 5.95. The zero-order valence-corrected chi connectivity index (χ0v) is 10.4. The SMILES string of the molecule is CCN1C(N)=NCC1(COC)c1ccccc1. The minimum atomic E-state index is -0.241. The van der Waals surface area contributed by atoms with Crippen molar-refractivity contribution in [1.82, 2.24) is 4.90 Å². The molecule has 1 atom stereocenters. The molecule has 0 spiro atoms. The summed E-state index contributed by atoms with van der Waals surface area (Å²) in [6.07, 6.45) is 0. The van der Waals surface area contributed by atoms with E-state index >= 15 is 0 Å². The summed E-state index contributed by atoms with van der Waals surface area (Å²) in [6, 6.07) is 10.3. The van der Waals surface area contributed by atoms with E-state index in [4.69, 9.17) is 10.5 Å². The van der Waals surface area contributed by atoms with Gasteiger partial charge in [-0.2, -0.15) is 0 Å². The lowest BCUT2D eigenvalue weighted by atomic mass is 9.89. The Kier molecular flexibility index (Phi) is 3.33. The highest BCUT2D eigenvalue weighted by atomic mass is 16.5. The standard InChI is InChI=1S/C13H19N3O/c1-3-16-12(14)15-9-13(16,10-17-2)11-7-5-4-6-8-11/h4-8H,3,9-10H2,1-2H3,(H2,14,15). The number of hydrogen-bond acceptors (Lipinski definition) is 4. The zero-order chi connectivity index (χ0) is 12.3. The normalized spacial score (nSPS) is 23.9. The minimum Gasteiger partial charge on any atom is -0.382 e. The van der Waals surface area contributed by atoms with E-state index in [1.165, 1.54) is 5.56 Å². The predicted octanol–water partition coefficient (Wildman–Crippen LogP) is 1.18. The van der Waals surface area contributed by atoms with Crippen LogP contribution < -0.4 is 5.73 Å². The lowest BCUT2D eigenvalue weighted by Gasteiger charge is -2.38. The van der Waals surface area contributed by atoms with Crippen molar-refractivity contribution in [2.45, 2.75) is 12.5 Å². The molecule has 4 nitrogen and oxygen atoms in total. The fraction of sp³-hybridized carbons (Fsp3) is 0.462. The number of likely N-dealkylation sites (N-methyl/N-ethyl adjacent to an activating group) is 1. The number of methoxy groups -OCH3 is 1. The van der Waals surface area contributed by atoms with Crippen LogP contribution >= 0.6 is 0 Å². The maximum absolute atomic E-state index is 5.95. The van der Waals surface area contributed by atoms with Crippen LogP contribution in [-0.4, -0.2) is 37.7 Å². The summed E-state index contributed by atoms with van der Waals surface area (Å²) in [7, 11) is 1.72. The molecule has 92 valence electrons. The Morgan fingerprint density at radius 1 is 1.41 bits per heavy atom. The third-order valence-electron chi connectivity index (χ3n) is 3.31. The molecule has 1 aliphatic rings. The number of nitrogens with two attached hydrogens (primary N) is 1. The van der Waals surface area contributed by atoms with Crippen molar-refractivity contribution < 1.29 is 4.74 Å². The molecule has 1 aliphatic heterocycles. The van der Waals surface area contributed by atoms with Crippen molar-refractivity contribution >= 4 is 5.96 Å². The second-order valence-electron chi connectivity index (χ2n) is 4.25. The molecule has 1 heterocycles. The summed E-state index contributed by atoms with van der Waals surface area (Å²) in [5, 5.41) is 0. The topological polar surface area (TPSA) is 50.8 Å². The van der Waals surface area contributed by atoms with E-state index in [0.29, 0.717) is 19.1 Å². The van der Waals surface area contributed by atoms with Gasteiger partial charge in [0.2, 0.25) is 0 Å². The molecule has 0 saturated heterocycles. The third-order valence-corrected chi connectivity index (χ3v) is 3.31. The van der Waals surface area contributed by atoms with Crippen molar-refractivity contribution in [2.75, 3.05) is 26.8 Å². The van der Waals surface area contributed by atoms with E-state index in [0.717, 1.165) is 6.54 Å². The molecule has 0 saturated carbocycles. The average Bonchev–Trinajstić information content (AvgIpc) is 2.69. The Morgan fingerprint density at radius 2 is 2.12 bits per heavy atom. The number of benzene rings is 1. The molecule has 0 aliphatic carbocycles. The molecule has 0 radical (unpaired) electrons. The number of nitrogens with zero attached hydrogens (tertiary/aromatic N) is 2. The van der Waals surface area contributed by atoms with Crippen LogP contribution in [-0.2, 0) is 10.3 Å². The molecule has 17 heavy (non-hydrogen) atoms. The molecule has 0 aromatic heterocycles. The van der Waals surface area contributed by atoms with Crippen molar-refractivity contribution in [3.05, 3.63) is 35.9 Å². The number of guanidine groups is 1. The summed E-state index contributed by atoms with van der Waals surface area (Å²) in [4.78, 5) is 6.49. The van der Waals surface area contributed by atoms with Gasteiger partial charge in [0.1, 0.15) is 5.54 Å². The fourth-order valence-electron chi connectivity index (χ4n) is 2.51. The highest BCUT2D eigenvalue weighted by molar-refractivity contribution is 5.81. The maximum Gasteiger partial charge on any atom is 0.192 e. The van der Waals surface area contributed by atoms with Gasteiger partial charge in [-0.05, 0) is 12.5 Å². The third kappa shape index (κ3) is 1.89. The molecule has 2 rings (SSSR count). The Morgan fingerprint density at radius 3 is 2.71 bits per heavy atom. The largest absolute Gasteiger partial charge is 0.382 e. The van der Waals surface area contributed by atoms with Crippen molar-refractivity contribution in [2.24, 2.45) is 10.7 Å². The average molecular weight is 233 g/mol. The number of aliphatic imine (C=N–C) groups is 1. The summed E-state index contributed by atoms with van der Waals surface area (Å²) in [5.74, 6) is 0.605. The van der Waals surface area contributed by atoms with Gasteiger partial charge in [-0.25, -0.2) is 0 Å². The first-order chi connectivity index (χ1) is 8.24. The van der Waals surface area contributed by atoms with E-state index < -0.39 is 0 Å². The number of hydrogen-bond donors (Lipinski definition) is 1. The molecule has 2 N–H and O–H groups in total. The van der Waals surface area contributed by atoms with Crippen LogP contribution in [0.15, 0.2) is 35.3 Å². The monoisotopic (exact) mass is 233 g/mol. The van der Waals surface area contributed by atoms with Crippen LogP contribution in [0.3, 0.4) is 0 Å². The van der Waals surface area contributed by atoms with Crippen LogP contribution in [0, 0.1) is 0 Å². The van der Waals surface area contributed by atoms with E-state index in [9.17, 15) is 0 Å². The molecule has 0 fully saturated rings. The van der Waals surface area contributed by atoms with Crippen molar-refractivity contribution in [1.29, 1.82) is 0 Å². The van der Waals surface area contributed by atoms with Crippen LogP contribution in [0.25, 0.3) is 0 Å². The van der Waals surface area contributed by atoms with E-state index in [1.807, 2.05) is 18.2 Å². The second-order valence-corrected chi connectivity index (χ2v) is 4.25. The summed E-state index contributed by atoms with van der Waals surface area (Å²) in [6.45, 7) is 4.16. The highest BCUT2D eigenvalue weighted by Gasteiger charge is 2.42.